The van der Waals surface area contributed by atoms with Crippen LogP contribution in [0.5, 0.6) is 17.2 Å². The Morgan fingerprint density at radius 2 is 1.73 bits per heavy atom. The molecule has 11 nitrogen and oxygen atoms in total. The summed E-state index contributed by atoms with van der Waals surface area (Å²) in [5.74, 6) is 1.97. The van der Waals surface area contributed by atoms with Crippen LogP contribution in [0.15, 0.2) is 67.6 Å². The Morgan fingerprint density at radius 3 is 2.44 bits per heavy atom. The summed E-state index contributed by atoms with van der Waals surface area (Å²) in [6.45, 7) is 7.17. The van der Waals surface area contributed by atoms with E-state index in [2.05, 4.69) is 42.4 Å². The number of rotatable bonds is 13. The number of halogens is 2. The van der Waals surface area contributed by atoms with Crippen molar-refractivity contribution in [2.45, 2.75) is 12.8 Å². The van der Waals surface area contributed by atoms with E-state index in [4.69, 9.17) is 37.4 Å². The zero-order valence-electron chi connectivity index (χ0n) is 24.9. The van der Waals surface area contributed by atoms with Gasteiger partial charge in [-0.2, -0.15) is 0 Å². The molecule has 0 spiro atoms. The summed E-state index contributed by atoms with van der Waals surface area (Å²) >= 11 is 13.2. The lowest BCUT2D eigenvalue weighted by molar-refractivity contribution is -0.111. The average Bonchev–Trinajstić information content (AvgIpc) is 3.58. The van der Waals surface area contributed by atoms with E-state index in [0.717, 1.165) is 19.6 Å². The number of pyridine rings is 1. The Bertz CT molecular complexity index is 1650. The van der Waals surface area contributed by atoms with Crippen LogP contribution in [0.4, 0.5) is 28.7 Å². The van der Waals surface area contributed by atoms with Gasteiger partial charge < -0.3 is 30.2 Å². The van der Waals surface area contributed by atoms with Gasteiger partial charge in [-0.05, 0) is 56.3 Å². The highest BCUT2D eigenvalue weighted by Gasteiger charge is 2.20. The number of likely N-dealkylation sites (tertiary alicyclic amines) is 1. The third-order valence-corrected chi connectivity index (χ3v) is 7.89. The van der Waals surface area contributed by atoms with Crippen molar-refractivity contribution in [3.8, 4) is 28.5 Å². The number of anilines is 5. The molecule has 45 heavy (non-hydrogen) atoms. The SMILES string of the molecule is C=CC(=O)Nc1cc(OCCN2CCCC2)ccc1Nc1cc(-c2cccnc2Nc2c(Cl)c(OC)cc(OC)c2Cl)ncn1. The van der Waals surface area contributed by atoms with Crippen LogP contribution in [0, 0.1) is 0 Å². The molecule has 234 valence electrons. The molecule has 2 aromatic heterocycles. The van der Waals surface area contributed by atoms with Gasteiger partial charge in [0.1, 0.15) is 51.9 Å². The lowest BCUT2D eigenvalue weighted by atomic mass is 10.1. The molecule has 2 aromatic carbocycles. The topological polar surface area (TPSA) is 123 Å². The van der Waals surface area contributed by atoms with Crippen molar-refractivity contribution >= 4 is 57.8 Å². The predicted octanol–water partition coefficient (Wildman–Crippen LogP) is 6.95. The smallest absolute Gasteiger partial charge is 0.247 e. The van der Waals surface area contributed by atoms with Gasteiger partial charge in [-0.15, -0.1) is 0 Å². The normalized spacial score (nSPS) is 12.8. The number of methoxy groups -OCH3 is 2. The van der Waals surface area contributed by atoms with E-state index in [1.807, 2.05) is 18.2 Å². The first-order valence-corrected chi connectivity index (χ1v) is 15.0. The van der Waals surface area contributed by atoms with Crippen molar-refractivity contribution in [2.75, 3.05) is 56.4 Å². The van der Waals surface area contributed by atoms with Gasteiger partial charge in [-0.1, -0.05) is 29.8 Å². The second-order valence-electron chi connectivity index (χ2n) is 10.0. The minimum Gasteiger partial charge on any atom is -0.495 e. The average molecular weight is 651 g/mol. The Hall–Kier alpha value is -4.58. The van der Waals surface area contributed by atoms with Crippen LogP contribution < -0.4 is 30.2 Å². The van der Waals surface area contributed by atoms with Gasteiger partial charge in [0.25, 0.3) is 0 Å². The number of amides is 1. The summed E-state index contributed by atoms with van der Waals surface area (Å²) in [6, 6.07) is 12.4. The molecule has 3 heterocycles. The lowest BCUT2D eigenvalue weighted by Gasteiger charge is -2.18. The Kier molecular flexibility index (Phi) is 10.6. The number of hydrogen-bond donors (Lipinski definition) is 3. The van der Waals surface area contributed by atoms with E-state index in [-0.39, 0.29) is 16.0 Å². The zero-order valence-corrected chi connectivity index (χ0v) is 26.4. The predicted molar refractivity (Wildman–Crippen MR) is 178 cm³/mol. The van der Waals surface area contributed by atoms with Crippen LogP contribution in [0.2, 0.25) is 10.0 Å². The number of carbonyl (C=O) groups is 1. The Morgan fingerprint density at radius 1 is 0.978 bits per heavy atom. The first-order chi connectivity index (χ1) is 21.9. The van der Waals surface area contributed by atoms with E-state index in [9.17, 15) is 4.79 Å². The molecule has 1 aliphatic rings. The monoisotopic (exact) mass is 649 g/mol. The zero-order chi connectivity index (χ0) is 31.8. The molecule has 5 rings (SSSR count). The maximum atomic E-state index is 12.3. The Labute approximate surface area is 271 Å². The molecular formula is C32H33Cl2N7O4. The van der Waals surface area contributed by atoms with Crippen molar-refractivity contribution in [2.24, 2.45) is 0 Å². The quantitative estimate of drug-likeness (QED) is 0.131. The third-order valence-electron chi connectivity index (χ3n) is 7.14. The fraction of sp³-hybridized carbons (Fsp3) is 0.250. The maximum Gasteiger partial charge on any atom is 0.247 e. The van der Waals surface area contributed by atoms with E-state index in [1.165, 1.54) is 39.5 Å². The number of benzene rings is 2. The van der Waals surface area contributed by atoms with Crippen molar-refractivity contribution in [3.63, 3.8) is 0 Å². The molecular weight excluding hydrogens is 617 g/mol. The first kappa shape index (κ1) is 31.8. The molecule has 1 aliphatic heterocycles. The van der Waals surface area contributed by atoms with Crippen LogP contribution in [-0.2, 0) is 4.79 Å². The minimum atomic E-state index is -0.354. The molecule has 0 unspecified atom stereocenters. The summed E-state index contributed by atoms with van der Waals surface area (Å²) in [4.78, 5) is 28.0. The van der Waals surface area contributed by atoms with Gasteiger partial charge >= 0.3 is 0 Å². The number of nitrogens with zero attached hydrogens (tertiary/aromatic N) is 4. The van der Waals surface area contributed by atoms with E-state index in [1.54, 1.807) is 30.5 Å². The highest BCUT2D eigenvalue weighted by molar-refractivity contribution is 6.41. The molecule has 3 N–H and O–H groups in total. The van der Waals surface area contributed by atoms with Crippen molar-refractivity contribution in [3.05, 3.63) is 77.7 Å². The standard InChI is InChI=1S/C32H33Cl2N7O4/c1-4-28(42)39-24-16-20(45-15-14-41-12-5-6-13-41)9-10-22(24)38-27-17-23(36-19-37-27)21-8-7-11-35-32(21)40-31-29(33)25(43-2)18-26(44-3)30(31)34/h4,7-11,16-19H,1,5-6,12-15H2,2-3H3,(H,35,40)(H,39,42)(H,36,37,38). The molecule has 0 saturated carbocycles. The first-order valence-electron chi connectivity index (χ1n) is 14.2. The third kappa shape index (κ3) is 7.75. The number of carbonyl (C=O) groups excluding carboxylic acids is 1. The summed E-state index contributed by atoms with van der Waals surface area (Å²) in [5.41, 5.74) is 2.70. The second kappa shape index (κ2) is 14.9. The van der Waals surface area contributed by atoms with E-state index < -0.39 is 0 Å². The molecule has 1 fully saturated rings. The van der Waals surface area contributed by atoms with Crippen LogP contribution in [0.25, 0.3) is 11.3 Å². The van der Waals surface area contributed by atoms with Gasteiger partial charge in [0.05, 0.1) is 37.0 Å². The molecule has 0 radical (unpaired) electrons. The van der Waals surface area contributed by atoms with Crippen LogP contribution >= 0.6 is 23.2 Å². The summed E-state index contributed by atoms with van der Waals surface area (Å²) < 4.78 is 16.8. The maximum absolute atomic E-state index is 12.3. The highest BCUT2D eigenvalue weighted by Crippen LogP contribution is 2.46. The van der Waals surface area contributed by atoms with E-state index in [0.29, 0.717) is 63.8 Å². The molecule has 1 amide bonds. The van der Waals surface area contributed by atoms with Gasteiger partial charge in [-0.25, -0.2) is 15.0 Å². The van der Waals surface area contributed by atoms with Crippen LogP contribution in [0.1, 0.15) is 12.8 Å². The fourth-order valence-electron chi connectivity index (χ4n) is 4.84. The number of ether oxygens (including phenoxy) is 3. The fourth-order valence-corrected chi connectivity index (χ4v) is 5.44. The summed E-state index contributed by atoms with van der Waals surface area (Å²) in [6.07, 6.45) is 6.72. The van der Waals surface area contributed by atoms with Crippen molar-refractivity contribution < 1.29 is 19.0 Å². The molecule has 0 bridgehead atoms. The van der Waals surface area contributed by atoms with Crippen molar-refractivity contribution in [1.29, 1.82) is 0 Å². The molecule has 1 saturated heterocycles. The number of aromatic nitrogens is 3. The van der Waals surface area contributed by atoms with Gasteiger partial charge in [0.15, 0.2) is 0 Å². The minimum absolute atomic E-state index is 0.266. The molecule has 13 heteroatoms. The highest BCUT2D eigenvalue weighted by atomic mass is 35.5. The van der Waals surface area contributed by atoms with Crippen molar-refractivity contribution in [1.82, 2.24) is 19.9 Å². The second-order valence-corrected chi connectivity index (χ2v) is 10.8. The summed E-state index contributed by atoms with van der Waals surface area (Å²) in [5, 5.41) is 9.87. The van der Waals surface area contributed by atoms with E-state index >= 15 is 0 Å². The molecule has 0 aliphatic carbocycles. The number of nitrogens with one attached hydrogen (secondary N) is 3. The molecule has 0 atom stereocenters. The number of hydrogen-bond acceptors (Lipinski definition) is 10. The van der Waals surface area contributed by atoms with Gasteiger partial charge in [-0.3, -0.25) is 9.69 Å². The molecule has 4 aromatic rings. The largest absolute Gasteiger partial charge is 0.495 e. The van der Waals surface area contributed by atoms with Gasteiger partial charge in [0, 0.05) is 36.5 Å². The van der Waals surface area contributed by atoms with Gasteiger partial charge in [0.2, 0.25) is 5.91 Å². The lowest BCUT2D eigenvalue weighted by Crippen LogP contribution is -2.25. The van der Waals surface area contributed by atoms with Crippen LogP contribution in [-0.4, -0.2) is 66.2 Å². The Balaban J connectivity index is 1.40. The van der Waals surface area contributed by atoms with Crippen LogP contribution in [0.3, 0.4) is 0 Å². The summed E-state index contributed by atoms with van der Waals surface area (Å²) in [7, 11) is 3.01.